The van der Waals surface area contributed by atoms with Gasteiger partial charge in [-0.1, -0.05) is 42.5 Å². The van der Waals surface area contributed by atoms with Crippen LogP contribution in [-0.2, 0) is 11.3 Å². The second-order valence-electron chi connectivity index (χ2n) is 4.63. The van der Waals surface area contributed by atoms with Crippen molar-refractivity contribution in [2.24, 2.45) is 5.92 Å². The molecule has 1 aromatic carbocycles. The fraction of sp³-hybridized carbons (Fsp3) is 0.400. The van der Waals surface area contributed by atoms with E-state index in [4.69, 9.17) is 0 Å². The molecule has 0 aromatic heterocycles. The molecule has 1 fully saturated rings. The van der Waals surface area contributed by atoms with Crippen molar-refractivity contribution in [2.45, 2.75) is 26.3 Å². The Balaban J connectivity index is 1.92. The number of carbonyl (C=O) groups is 1. The predicted molar refractivity (Wildman–Crippen MR) is 69.4 cm³/mol. The molecule has 2 nitrogen and oxygen atoms in total. The zero-order chi connectivity index (χ0) is 12.1. The first-order valence-corrected chi connectivity index (χ1v) is 6.22. The Hall–Kier alpha value is -1.57. The molecule has 0 bridgehead atoms. The van der Waals surface area contributed by atoms with Crippen LogP contribution in [0.1, 0.15) is 25.3 Å². The minimum absolute atomic E-state index is 0.295. The Morgan fingerprint density at radius 3 is 2.82 bits per heavy atom. The van der Waals surface area contributed by atoms with Crippen LogP contribution in [0.4, 0.5) is 0 Å². The van der Waals surface area contributed by atoms with Gasteiger partial charge in [-0.2, -0.15) is 0 Å². The maximum absolute atomic E-state index is 11.9. The number of hydrogen-bond acceptors (Lipinski definition) is 1. The highest BCUT2D eigenvalue weighted by molar-refractivity contribution is 5.78. The maximum atomic E-state index is 11.9. The van der Waals surface area contributed by atoms with Crippen molar-refractivity contribution in [1.29, 1.82) is 0 Å². The zero-order valence-corrected chi connectivity index (χ0v) is 10.3. The summed E-state index contributed by atoms with van der Waals surface area (Å²) in [5, 5.41) is 0. The Kier molecular flexibility index (Phi) is 3.97. The van der Waals surface area contributed by atoms with E-state index in [0.717, 1.165) is 19.5 Å². The van der Waals surface area contributed by atoms with Crippen LogP contribution in [0.25, 0.3) is 0 Å². The lowest BCUT2D eigenvalue weighted by Crippen LogP contribution is -2.24. The van der Waals surface area contributed by atoms with Crippen LogP contribution in [0.3, 0.4) is 0 Å². The average Bonchev–Trinajstić information content (AvgIpc) is 2.69. The molecule has 1 saturated heterocycles. The molecule has 1 heterocycles. The SMILES string of the molecule is C/C=C\CC1CC(=O)N(Cc2ccccc2)C1. The van der Waals surface area contributed by atoms with E-state index in [9.17, 15) is 4.79 Å². The van der Waals surface area contributed by atoms with E-state index in [1.165, 1.54) is 5.56 Å². The lowest BCUT2D eigenvalue weighted by atomic mass is 10.0. The fourth-order valence-electron chi connectivity index (χ4n) is 2.30. The highest BCUT2D eigenvalue weighted by Crippen LogP contribution is 2.23. The lowest BCUT2D eigenvalue weighted by molar-refractivity contribution is -0.128. The van der Waals surface area contributed by atoms with Crippen LogP contribution in [-0.4, -0.2) is 17.4 Å². The molecule has 0 aliphatic carbocycles. The van der Waals surface area contributed by atoms with E-state index < -0.39 is 0 Å². The molecular weight excluding hydrogens is 210 g/mol. The minimum Gasteiger partial charge on any atom is -0.338 e. The van der Waals surface area contributed by atoms with Crippen molar-refractivity contribution in [1.82, 2.24) is 4.90 Å². The van der Waals surface area contributed by atoms with Gasteiger partial charge < -0.3 is 4.90 Å². The summed E-state index contributed by atoms with van der Waals surface area (Å²) >= 11 is 0. The van der Waals surface area contributed by atoms with Gasteiger partial charge in [0.2, 0.25) is 5.91 Å². The molecule has 17 heavy (non-hydrogen) atoms. The molecule has 1 amide bonds. The van der Waals surface area contributed by atoms with Crippen molar-refractivity contribution in [3.8, 4) is 0 Å². The van der Waals surface area contributed by atoms with Crippen molar-refractivity contribution in [2.75, 3.05) is 6.54 Å². The summed E-state index contributed by atoms with van der Waals surface area (Å²) in [6.07, 6.45) is 5.94. The maximum Gasteiger partial charge on any atom is 0.223 e. The van der Waals surface area contributed by atoms with Gasteiger partial charge in [0.25, 0.3) is 0 Å². The highest BCUT2D eigenvalue weighted by Gasteiger charge is 2.28. The summed E-state index contributed by atoms with van der Waals surface area (Å²) in [6.45, 7) is 3.68. The number of benzene rings is 1. The van der Waals surface area contributed by atoms with E-state index in [1.54, 1.807) is 0 Å². The number of carbonyl (C=O) groups excluding carboxylic acids is 1. The van der Waals surface area contributed by atoms with Crippen molar-refractivity contribution in [3.05, 3.63) is 48.0 Å². The number of likely N-dealkylation sites (tertiary alicyclic amines) is 1. The Bertz CT molecular complexity index is 397. The topological polar surface area (TPSA) is 20.3 Å². The number of hydrogen-bond donors (Lipinski definition) is 0. The molecule has 2 rings (SSSR count). The standard InChI is InChI=1S/C15H19NO/c1-2-3-7-14-10-15(17)16(12-14)11-13-8-5-4-6-9-13/h2-6,8-9,14H,7,10-12H2,1H3/b3-2-. The summed E-state index contributed by atoms with van der Waals surface area (Å²) in [5.41, 5.74) is 1.22. The first kappa shape index (κ1) is 11.9. The Morgan fingerprint density at radius 1 is 1.35 bits per heavy atom. The monoisotopic (exact) mass is 229 g/mol. The van der Waals surface area contributed by atoms with E-state index in [2.05, 4.69) is 24.3 Å². The Morgan fingerprint density at radius 2 is 2.12 bits per heavy atom. The molecule has 1 atom stereocenters. The van der Waals surface area contributed by atoms with Gasteiger partial charge in [-0.15, -0.1) is 0 Å². The molecule has 0 N–H and O–H groups in total. The quantitative estimate of drug-likeness (QED) is 0.727. The van der Waals surface area contributed by atoms with Crippen LogP contribution >= 0.6 is 0 Å². The average molecular weight is 229 g/mol. The van der Waals surface area contributed by atoms with E-state index in [1.807, 2.05) is 30.0 Å². The van der Waals surface area contributed by atoms with Gasteiger partial charge >= 0.3 is 0 Å². The van der Waals surface area contributed by atoms with Crippen LogP contribution in [0.15, 0.2) is 42.5 Å². The summed E-state index contributed by atoms with van der Waals surface area (Å²) in [4.78, 5) is 13.8. The first-order chi connectivity index (χ1) is 8.29. The summed E-state index contributed by atoms with van der Waals surface area (Å²) in [7, 11) is 0. The van der Waals surface area contributed by atoms with Crippen LogP contribution in [0.5, 0.6) is 0 Å². The summed E-state index contributed by atoms with van der Waals surface area (Å²) in [5.74, 6) is 0.797. The summed E-state index contributed by atoms with van der Waals surface area (Å²) < 4.78 is 0. The Labute approximate surface area is 103 Å². The van der Waals surface area contributed by atoms with Gasteiger partial charge in [0.05, 0.1) is 0 Å². The van der Waals surface area contributed by atoms with Gasteiger partial charge in [-0.3, -0.25) is 4.79 Å². The fourth-order valence-corrected chi connectivity index (χ4v) is 2.30. The number of amides is 1. The van der Waals surface area contributed by atoms with Crippen molar-refractivity contribution in [3.63, 3.8) is 0 Å². The van der Waals surface area contributed by atoms with Gasteiger partial charge in [-0.05, 0) is 24.8 Å². The molecule has 90 valence electrons. The molecule has 1 aliphatic rings. The predicted octanol–water partition coefficient (Wildman–Crippen LogP) is 3.00. The number of allylic oxidation sites excluding steroid dienone is 2. The molecule has 0 spiro atoms. The third-order valence-electron chi connectivity index (χ3n) is 3.22. The van der Waals surface area contributed by atoms with Crippen LogP contribution in [0.2, 0.25) is 0 Å². The van der Waals surface area contributed by atoms with Gasteiger partial charge in [-0.25, -0.2) is 0 Å². The normalized spacial score (nSPS) is 20.4. The van der Waals surface area contributed by atoms with Gasteiger partial charge in [0.15, 0.2) is 0 Å². The van der Waals surface area contributed by atoms with Gasteiger partial charge in [0, 0.05) is 19.5 Å². The molecule has 1 unspecified atom stereocenters. The minimum atomic E-state index is 0.295. The second-order valence-corrected chi connectivity index (χ2v) is 4.63. The molecular formula is C15H19NO. The summed E-state index contributed by atoms with van der Waals surface area (Å²) in [6, 6.07) is 10.2. The highest BCUT2D eigenvalue weighted by atomic mass is 16.2. The smallest absolute Gasteiger partial charge is 0.223 e. The molecule has 1 aromatic rings. The van der Waals surface area contributed by atoms with Crippen LogP contribution in [0, 0.1) is 5.92 Å². The third kappa shape index (κ3) is 3.19. The second kappa shape index (κ2) is 5.67. The third-order valence-corrected chi connectivity index (χ3v) is 3.22. The van der Waals surface area contributed by atoms with Crippen LogP contribution < -0.4 is 0 Å². The molecule has 2 heteroatoms. The molecule has 0 saturated carbocycles. The first-order valence-electron chi connectivity index (χ1n) is 6.22. The van der Waals surface area contributed by atoms with Crippen molar-refractivity contribution < 1.29 is 4.79 Å². The van der Waals surface area contributed by atoms with E-state index in [0.29, 0.717) is 18.2 Å². The zero-order valence-electron chi connectivity index (χ0n) is 10.3. The number of rotatable bonds is 4. The molecule has 1 aliphatic heterocycles. The lowest BCUT2D eigenvalue weighted by Gasteiger charge is -2.16. The van der Waals surface area contributed by atoms with Gasteiger partial charge in [0.1, 0.15) is 0 Å². The van der Waals surface area contributed by atoms with E-state index in [-0.39, 0.29) is 0 Å². The largest absolute Gasteiger partial charge is 0.338 e. The molecule has 0 radical (unpaired) electrons. The number of nitrogens with zero attached hydrogens (tertiary/aromatic N) is 1. The van der Waals surface area contributed by atoms with E-state index >= 15 is 0 Å². The van der Waals surface area contributed by atoms with Crippen molar-refractivity contribution >= 4 is 5.91 Å².